The van der Waals surface area contributed by atoms with Crippen molar-refractivity contribution in [2.75, 3.05) is 13.2 Å². The Morgan fingerprint density at radius 2 is 1.80 bits per heavy atom. The van der Waals surface area contributed by atoms with E-state index in [0.717, 1.165) is 12.8 Å². The van der Waals surface area contributed by atoms with Crippen LogP contribution in [0.1, 0.15) is 61.3 Å². The first-order valence-corrected chi connectivity index (χ1v) is 7.64. The molecule has 0 saturated heterocycles. The van der Waals surface area contributed by atoms with Crippen LogP contribution in [0, 0.1) is 17.3 Å². The highest BCUT2D eigenvalue weighted by Crippen LogP contribution is 2.34. The first-order chi connectivity index (χ1) is 9.06. The van der Waals surface area contributed by atoms with Gasteiger partial charge >= 0.3 is 6.09 Å². The zero-order chi connectivity index (χ0) is 16.0. The quantitative estimate of drug-likeness (QED) is 0.752. The third-order valence-electron chi connectivity index (χ3n) is 3.98. The van der Waals surface area contributed by atoms with E-state index in [1.54, 1.807) is 0 Å². The molecule has 4 heteroatoms. The molecule has 0 aromatic rings. The van der Waals surface area contributed by atoms with Crippen LogP contribution in [0.15, 0.2) is 0 Å². The lowest BCUT2D eigenvalue weighted by Crippen LogP contribution is -2.46. The van der Waals surface area contributed by atoms with Crippen molar-refractivity contribution in [3.63, 3.8) is 0 Å². The second-order valence-electron chi connectivity index (χ2n) is 7.25. The van der Waals surface area contributed by atoms with Crippen LogP contribution < -0.4 is 5.32 Å². The molecule has 120 valence electrons. The van der Waals surface area contributed by atoms with Crippen molar-refractivity contribution in [1.29, 1.82) is 0 Å². The number of rotatable bonds is 7. The minimum atomic E-state index is -0.500. The lowest BCUT2D eigenvalue weighted by Gasteiger charge is -2.38. The average Bonchev–Trinajstić information content (AvgIpc) is 2.31. The van der Waals surface area contributed by atoms with Gasteiger partial charge in [-0.3, -0.25) is 0 Å². The normalized spacial score (nSPS) is 16.6. The van der Waals surface area contributed by atoms with Gasteiger partial charge < -0.3 is 15.2 Å². The van der Waals surface area contributed by atoms with E-state index in [1.807, 2.05) is 20.8 Å². The molecule has 4 nitrogen and oxygen atoms in total. The predicted molar refractivity (Wildman–Crippen MR) is 82.7 cm³/mol. The van der Waals surface area contributed by atoms with Gasteiger partial charge in [0.05, 0.1) is 6.61 Å². The van der Waals surface area contributed by atoms with Crippen LogP contribution in [0.4, 0.5) is 4.79 Å². The smallest absolute Gasteiger partial charge is 0.407 e. The molecule has 0 aromatic heterocycles. The topological polar surface area (TPSA) is 58.6 Å². The fourth-order valence-electron chi connectivity index (χ4n) is 2.22. The first-order valence-electron chi connectivity index (χ1n) is 7.64. The van der Waals surface area contributed by atoms with Gasteiger partial charge in [0.25, 0.3) is 0 Å². The molecular weight excluding hydrogens is 254 g/mol. The summed E-state index contributed by atoms with van der Waals surface area (Å²) in [6, 6.07) is 0. The van der Waals surface area contributed by atoms with Crippen molar-refractivity contribution in [2.45, 2.75) is 66.9 Å². The summed E-state index contributed by atoms with van der Waals surface area (Å²) in [5.41, 5.74) is -0.785. The van der Waals surface area contributed by atoms with Gasteiger partial charge in [0.15, 0.2) is 0 Å². The van der Waals surface area contributed by atoms with Crippen molar-refractivity contribution in [3.05, 3.63) is 0 Å². The predicted octanol–water partition coefficient (Wildman–Crippen LogP) is 3.58. The Morgan fingerprint density at radius 1 is 1.25 bits per heavy atom. The molecule has 0 fully saturated rings. The Hall–Kier alpha value is -0.770. The molecular formula is C16H33NO3. The Balaban J connectivity index is 4.70. The van der Waals surface area contributed by atoms with Crippen LogP contribution in [0.3, 0.4) is 0 Å². The number of alkyl carbamates (subject to hydrolysis) is 1. The molecule has 0 heterocycles. The van der Waals surface area contributed by atoms with Gasteiger partial charge in [0, 0.05) is 12.0 Å². The highest BCUT2D eigenvalue weighted by atomic mass is 16.6. The standard InChI is InChI=1S/C16H33NO3/c1-8-13(4)9-16(11-18,12(2)3)10-17-14(19)20-15(5,6)7/h12-13,18H,8-11H2,1-7H3,(H,17,19). The molecule has 2 unspecified atom stereocenters. The lowest BCUT2D eigenvalue weighted by molar-refractivity contribution is 0.0308. The van der Waals surface area contributed by atoms with E-state index in [2.05, 4.69) is 33.0 Å². The fraction of sp³-hybridized carbons (Fsp3) is 0.938. The molecule has 2 atom stereocenters. The van der Waals surface area contributed by atoms with Crippen LogP contribution in [0.25, 0.3) is 0 Å². The van der Waals surface area contributed by atoms with Crippen molar-refractivity contribution < 1.29 is 14.6 Å². The maximum absolute atomic E-state index is 11.8. The number of hydrogen-bond acceptors (Lipinski definition) is 3. The van der Waals surface area contributed by atoms with E-state index in [0.29, 0.717) is 12.5 Å². The van der Waals surface area contributed by atoms with Gasteiger partial charge in [0.2, 0.25) is 0 Å². The van der Waals surface area contributed by atoms with Crippen molar-refractivity contribution in [2.24, 2.45) is 17.3 Å². The fourth-order valence-corrected chi connectivity index (χ4v) is 2.22. The van der Waals surface area contributed by atoms with Crippen LogP contribution in [-0.2, 0) is 4.74 Å². The van der Waals surface area contributed by atoms with Gasteiger partial charge in [-0.1, -0.05) is 34.1 Å². The van der Waals surface area contributed by atoms with Crippen molar-refractivity contribution >= 4 is 6.09 Å². The van der Waals surface area contributed by atoms with Gasteiger partial charge in [-0.25, -0.2) is 4.79 Å². The Labute approximate surface area is 124 Å². The van der Waals surface area contributed by atoms with Crippen LogP contribution in [-0.4, -0.2) is 30.0 Å². The third kappa shape index (κ3) is 6.60. The minimum Gasteiger partial charge on any atom is -0.444 e. The zero-order valence-corrected chi connectivity index (χ0v) is 14.2. The molecule has 0 bridgehead atoms. The number of carbonyl (C=O) groups excluding carboxylic acids is 1. The monoisotopic (exact) mass is 287 g/mol. The Morgan fingerprint density at radius 3 is 2.15 bits per heavy atom. The van der Waals surface area contributed by atoms with Gasteiger partial charge in [-0.05, 0) is 39.0 Å². The second kappa shape index (κ2) is 7.87. The lowest BCUT2D eigenvalue weighted by atomic mass is 9.71. The van der Waals surface area contributed by atoms with E-state index in [9.17, 15) is 9.90 Å². The summed E-state index contributed by atoms with van der Waals surface area (Å²) in [5.74, 6) is 0.807. The van der Waals surface area contributed by atoms with Crippen molar-refractivity contribution in [1.82, 2.24) is 5.32 Å². The molecule has 0 radical (unpaired) electrons. The molecule has 2 N–H and O–H groups in total. The largest absolute Gasteiger partial charge is 0.444 e. The Bertz CT molecular complexity index is 297. The number of aliphatic hydroxyl groups is 1. The number of ether oxygens (including phenoxy) is 1. The van der Waals surface area contributed by atoms with Gasteiger partial charge in [0.1, 0.15) is 5.60 Å². The average molecular weight is 287 g/mol. The summed E-state index contributed by atoms with van der Waals surface area (Å²) in [7, 11) is 0. The number of amides is 1. The maximum atomic E-state index is 11.8. The molecule has 20 heavy (non-hydrogen) atoms. The molecule has 0 aromatic carbocycles. The van der Waals surface area contributed by atoms with Crippen LogP contribution in [0.2, 0.25) is 0 Å². The molecule has 0 rings (SSSR count). The highest BCUT2D eigenvalue weighted by Gasteiger charge is 2.35. The van der Waals surface area contributed by atoms with Crippen LogP contribution in [0.5, 0.6) is 0 Å². The molecule has 0 aliphatic carbocycles. The molecule has 0 aliphatic heterocycles. The van der Waals surface area contributed by atoms with E-state index >= 15 is 0 Å². The second-order valence-corrected chi connectivity index (χ2v) is 7.25. The summed E-state index contributed by atoms with van der Waals surface area (Å²) < 4.78 is 5.26. The van der Waals surface area contributed by atoms with E-state index in [4.69, 9.17) is 4.74 Å². The third-order valence-corrected chi connectivity index (χ3v) is 3.98. The summed E-state index contributed by atoms with van der Waals surface area (Å²) in [4.78, 5) is 11.8. The summed E-state index contributed by atoms with van der Waals surface area (Å²) in [6.07, 6.45) is 1.55. The summed E-state index contributed by atoms with van der Waals surface area (Å²) >= 11 is 0. The van der Waals surface area contributed by atoms with Gasteiger partial charge in [-0.15, -0.1) is 0 Å². The van der Waals surface area contributed by atoms with Crippen molar-refractivity contribution in [3.8, 4) is 0 Å². The van der Waals surface area contributed by atoms with E-state index in [1.165, 1.54) is 0 Å². The Kier molecular flexibility index (Phi) is 7.56. The molecule has 1 amide bonds. The summed E-state index contributed by atoms with van der Waals surface area (Å²) in [5, 5.41) is 12.7. The number of hydrogen-bond donors (Lipinski definition) is 2. The first kappa shape index (κ1) is 19.2. The summed E-state index contributed by atoms with van der Waals surface area (Å²) in [6.45, 7) is 14.6. The van der Waals surface area contributed by atoms with Crippen LogP contribution >= 0.6 is 0 Å². The molecule has 0 aliphatic rings. The zero-order valence-electron chi connectivity index (χ0n) is 14.2. The number of aliphatic hydroxyl groups excluding tert-OH is 1. The SMILES string of the molecule is CCC(C)CC(CO)(CNC(=O)OC(C)(C)C)C(C)C. The molecule has 0 saturated carbocycles. The van der Waals surface area contributed by atoms with E-state index in [-0.39, 0.29) is 17.9 Å². The minimum absolute atomic E-state index is 0.0742. The number of carbonyl (C=O) groups is 1. The number of nitrogens with one attached hydrogen (secondary N) is 1. The van der Waals surface area contributed by atoms with Gasteiger partial charge in [-0.2, -0.15) is 0 Å². The molecule has 0 spiro atoms. The highest BCUT2D eigenvalue weighted by molar-refractivity contribution is 5.67. The van der Waals surface area contributed by atoms with E-state index < -0.39 is 11.7 Å². The maximum Gasteiger partial charge on any atom is 0.407 e.